The van der Waals surface area contributed by atoms with E-state index in [1.807, 2.05) is 36.4 Å². The molecule has 3 aromatic rings. The Kier molecular flexibility index (Phi) is 4.64. The highest BCUT2D eigenvalue weighted by molar-refractivity contribution is 6.36. The van der Waals surface area contributed by atoms with Gasteiger partial charge in [0.15, 0.2) is 0 Å². The minimum Gasteiger partial charge on any atom is -0.392 e. The van der Waals surface area contributed by atoms with Gasteiger partial charge in [-0.15, -0.1) is 0 Å². The lowest BCUT2D eigenvalue weighted by Gasteiger charge is -2.17. The zero-order valence-corrected chi connectivity index (χ0v) is 16.1. The minimum absolute atomic E-state index is 0.157. The van der Waals surface area contributed by atoms with E-state index in [2.05, 4.69) is 4.98 Å². The molecule has 4 rings (SSSR count). The third-order valence-corrected chi connectivity index (χ3v) is 5.34. The second-order valence-corrected chi connectivity index (χ2v) is 7.23. The Hall–Kier alpha value is -2.40. The van der Waals surface area contributed by atoms with Crippen molar-refractivity contribution in [3.63, 3.8) is 0 Å². The third-order valence-electron chi connectivity index (χ3n) is 4.80. The summed E-state index contributed by atoms with van der Waals surface area (Å²) in [5.74, 6) is -0.157. The fourth-order valence-electron chi connectivity index (χ4n) is 3.50. The summed E-state index contributed by atoms with van der Waals surface area (Å²) in [5.41, 5.74) is 4.73. The summed E-state index contributed by atoms with van der Waals surface area (Å²) in [5, 5.41) is 11.0. The van der Waals surface area contributed by atoms with Crippen molar-refractivity contribution < 1.29 is 9.90 Å². The number of rotatable bonds is 3. The van der Waals surface area contributed by atoms with Gasteiger partial charge in [-0.05, 0) is 36.8 Å². The van der Waals surface area contributed by atoms with Crippen LogP contribution in [0.2, 0.25) is 10.0 Å². The quantitative estimate of drug-likeness (QED) is 0.673. The number of carbonyl (C=O) groups excluding carboxylic acids is 1. The van der Waals surface area contributed by atoms with Crippen LogP contribution in [0.5, 0.6) is 0 Å². The summed E-state index contributed by atoms with van der Waals surface area (Å²) >= 11 is 12.5. The summed E-state index contributed by atoms with van der Waals surface area (Å²) in [6, 6.07) is 14.7. The van der Waals surface area contributed by atoms with E-state index in [0.717, 1.165) is 22.4 Å². The first-order chi connectivity index (χ1) is 13.0. The molecule has 6 heteroatoms. The molecule has 1 aromatic heterocycles. The van der Waals surface area contributed by atoms with E-state index >= 15 is 0 Å². The van der Waals surface area contributed by atoms with Crippen molar-refractivity contribution in [2.75, 3.05) is 4.90 Å². The predicted molar refractivity (Wildman–Crippen MR) is 107 cm³/mol. The van der Waals surface area contributed by atoms with Gasteiger partial charge in [0.25, 0.3) is 5.91 Å². The zero-order valence-electron chi connectivity index (χ0n) is 14.5. The van der Waals surface area contributed by atoms with E-state index in [-0.39, 0.29) is 12.5 Å². The second-order valence-electron chi connectivity index (χ2n) is 6.39. The standard InChI is InChI=1S/C21H16Cl2N2O2/c1-12-17(11-26)19(15-8-7-13(22)9-18(15)23)16-10-25(21(27)20(16)24-12)14-5-3-2-4-6-14/h2-9,26H,10-11H2,1H3. The molecule has 2 heterocycles. The molecule has 0 aliphatic carbocycles. The van der Waals surface area contributed by atoms with Crippen molar-refractivity contribution in [3.05, 3.63) is 81.1 Å². The molecule has 0 saturated heterocycles. The number of benzene rings is 2. The lowest BCUT2D eigenvalue weighted by Crippen LogP contribution is -2.23. The molecule has 0 radical (unpaired) electrons. The average molecular weight is 399 g/mol. The van der Waals surface area contributed by atoms with Gasteiger partial charge in [-0.25, -0.2) is 4.98 Å². The van der Waals surface area contributed by atoms with E-state index in [4.69, 9.17) is 23.2 Å². The molecule has 0 saturated carbocycles. The molecule has 0 spiro atoms. The van der Waals surface area contributed by atoms with Gasteiger partial charge >= 0.3 is 0 Å². The van der Waals surface area contributed by atoms with Crippen LogP contribution in [0.25, 0.3) is 11.1 Å². The first kappa shape index (κ1) is 18.0. The monoisotopic (exact) mass is 398 g/mol. The number of aliphatic hydroxyl groups is 1. The normalized spacial score (nSPS) is 13.2. The van der Waals surface area contributed by atoms with E-state index in [1.165, 1.54) is 0 Å². The highest BCUT2D eigenvalue weighted by Crippen LogP contribution is 2.40. The molecule has 0 bridgehead atoms. The van der Waals surface area contributed by atoms with Gasteiger partial charge in [0.05, 0.1) is 13.2 Å². The first-order valence-corrected chi connectivity index (χ1v) is 9.22. The van der Waals surface area contributed by atoms with Gasteiger partial charge in [0.1, 0.15) is 5.69 Å². The first-order valence-electron chi connectivity index (χ1n) is 8.46. The molecule has 27 heavy (non-hydrogen) atoms. The molecule has 2 aromatic carbocycles. The van der Waals surface area contributed by atoms with Crippen molar-refractivity contribution in [2.45, 2.75) is 20.1 Å². The number of amides is 1. The number of pyridine rings is 1. The lowest BCUT2D eigenvalue weighted by molar-refractivity contribution is 0.0992. The van der Waals surface area contributed by atoms with Gasteiger partial charge in [-0.3, -0.25) is 4.79 Å². The number of aliphatic hydroxyl groups excluding tert-OH is 1. The van der Waals surface area contributed by atoms with Crippen molar-refractivity contribution >= 4 is 34.8 Å². The number of halogens is 2. The number of aromatic nitrogens is 1. The zero-order chi connectivity index (χ0) is 19.1. The SMILES string of the molecule is Cc1nc2c(c(-c3ccc(Cl)cc3Cl)c1CO)CN(c1ccccc1)C2=O. The number of fused-ring (bicyclic) bond motifs is 1. The average Bonchev–Trinajstić information content (AvgIpc) is 2.98. The number of anilines is 1. The number of hydrogen-bond donors (Lipinski definition) is 1. The van der Waals surface area contributed by atoms with Gasteiger partial charge in [-0.2, -0.15) is 0 Å². The maximum absolute atomic E-state index is 13.0. The van der Waals surface area contributed by atoms with E-state index in [1.54, 1.807) is 24.0 Å². The molecule has 1 amide bonds. The van der Waals surface area contributed by atoms with Gasteiger partial charge < -0.3 is 10.0 Å². The Morgan fingerprint density at radius 1 is 1.15 bits per heavy atom. The topological polar surface area (TPSA) is 53.4 Å². The highest BCUT2D eigenvalue weighted by Gasteiger charge is 2.34. The second kappa shape index (κ2) is 6.97. The van der Waals surface area contributed by atoms with Crippen molar-refractivity contribution in [2.24, 2.45) is 0 Å². The lowest BCUT2D eigenvalue weighted by atomic mass is 9.93. The minimum atomic E-state index is -0.195. The molecule has 1 aliphatic rings. The molecule has 136 valence electrons. The highest BCUT2D eigenvalue weighted by atomic mass is 35.5. The molecule has 4 nitrogen and oxygen atoms in total. The van der Waals surface area contributed by atoms with Crippen LogP contribution in [0.4, 0.5) is 5.69 Å². The van der Waals surface area contributed by atoms with Gasteiger partial charge in [-0.1, -0.05) is 47.5 Å². The molecule has 1 N–H and O–H groups in total. The van der Waals surface area contributed by atoms with Gasteiger partial charge in [0, 0.05) is 38.1 Å². The number of nitrogens with zero attached hydrogens (tertiary/aromatic N) is 2. The van der Waals surface area contributed by atoms with Crippen LogP contribution >= 0.6 is 23.2 Å². The van der Waals surface area contributed by atoms with E-state index in [9.17, 15) is 9.90 Å². The summed E-state index contributed by atoms with van der Waals surface area (Å²) in [7, 11) is 0. The molecular formula is C21H16Cl2N2O2. The Balaban J connectivity index is 1.94. The molecule has 0 atom stereocenters. The van der Waals surface area contributed by atoms with E-state index in [0.29, 0.717) is 33.5 Å². The summed E-state index contributed by atoms with van der Waals surface area (Å²) in [6.07, 6.45) is 0. The summed E-state index contributed by atoms with van der Waals surface area (Å²) < 4.78 is 0. The van der Waals surface area contributed by atoms with E-state index < -0.39 is 0 Å². The molecule has 0 fully saturated rings. The number of hydrogen-bond acceptors (Lipinski definition) is 3. The Morgan fingerprint density at radius 3 is 2.56 bits per heavy atom. The Morgan fingerprint density at radius 2 is 1.89 bits per heavy atom. The fourth-order valence-corrected chi connectivity index (χ4v) is 4.00. The van der Waals surface area contributed by atoms with Crippen LogP contribution < -0.4 is 4.90 Å². The third kappa shape index (κ3) is 3.00. The molecular weight excluding hydrogens is 383 g/mol. The number of para-hydroxylation sites is 1. The maximum atomic E-state index is 13.0. The van der Waals surface area contributed by atoms with Crippen LogP contribution in [0.15, 0.2) is 48.5 Å². The van der Waals surface area contributed by atoms with Crippen LogP contribution in [-0.4, -0.2) is 16.0 Å². The predicted octanol–water partition coefficient (Wildman–Crippen LogP) is 5.02. The van der Waals surface area contributed by atoms with Crippen molar-refractivity contribution in [1.82, 2.24) is 4.98 Å². The maximum Gasteiger partial charge on any atom is 0.277 e. The fraction of sp³-hybridized carbons (Fsp3) is 0.143. The van der Waals surface area contributed by atoms with Crippen LogP contribution in [0.3, 0.4) is 0 Å². The largest absolute Gasteiger partial charge is 0.392 e. The van der Waals surface area contributed by atoms with Crippen LogP contribution in [0, 0.1) is 6.92 Å². The van der Waals surface area contributed by atoms with Gasteiger partial charge in [0.2, 0.25) is 0 Å². The summed E-state index contributed by atoms with van der Waals surface area (Å²) in [4.78, 5) is 19.2. The van der Waals surface area contributed by atoms with Crippen molar-refractivity contribution in [3.8, 4) is 11.1 Å². The van der Waals surface area contributed by atoms with Crippen LogP contribution in [-0.2, 0) is 13.2 Å². The number of carbonyl (C=O) groups is 1. The molecule has 0 unspecified atom stereocenters. The smallest absolute Gasteiger partial charge is 0.277 e. The Bertz CT molecular complexity index is 1050. The molecule has 1 aliphatic heterocycles. The number of aryl methyl sites for hydroxylation is 1. The van der Waals surface area contributed by atoms with Crippen LogP contribution in [0.1, 0.15) is 27.3 Å². The summed E-state index contributed by atoms with van der Waals surface area (Å²) in [6.45, 7) is 1.96. The van der Waals surface area contributed by atoms with Crippen molar-refractivity contribution in [1.29, 1.82) is 0 Å². The Labute approximate surface area is 167 Å².